The Morgan fingerprint density at radius 1 is 1.32 bits per heavy atom. The van der Waals surface area contributed by atoms with Gasteiger partial charge in [-0.25, -0.2) is 4.79 Å². The first-order valence-electron chi connectivity index (χ1n) is 8.85. The van der Waals surface area contributed by atoms with E-state index in [1.807, 2.05) is 0 Å². The molecule has 2 fully saturated rings. The van der Waals surface area contributed by atoms with Crippen LogP contribution in [-0.2, 0) is 9.53 Å². The van der Waals surface area contributed by atoms with Crippen LogP contribution in [0, 0.1) is 11.3 Å². The molecule has 1 aromatic rings. The molecule has 6 nitrogen and oxygen atoms in total. The monoisotopic (exact) mass is 346 g/mol. The number of hydrogen-bond donors (Lipinski definition) is 1. The highest BCUT2D eigenvalue weighted by molar-refractivity contribution is 5.97. The van der Waals surface area contributed by atoms with Crippen molar-refractivity contribution in [1.29, 1.82) is 0 Å². The van der Waals surface area contributed by atoms with E-state index in [2.05, 4.69) is 25.8 Å². The fraction of sp³-hybridized carbons (Fsp3) is 0.632. The molecule has 1 amide bonds. The summed E-state index contributed by atoms with van der Waals surface area (Å²) in [6.45, 7) is 6.72. The lowest BCUT2D eigenvalue weighted by Gasteiger charge is -2.46. The van der Waals surface area contributed by atoms with Gasteiger partial charge in [-0.15, -0.1) is 0 Å². The average Bonchev–Trinajstić information content (AvgIpc) is 2.93. The number of carboxylic acid groups (broad SMARTS) is 1. The predicted molar refractivity (Wildman–Crippen MR) is 91.9 cm³/mol. The van der Waals surface area contributed by atoms with Gasteiger partial charge in [-0.3, -0.25) is 14.7 Å². The van der Waals surface area contributed by atoms with E-state index in [0.717, 1.165) is 12.8 Å². The second-order valence-electron chi connectivity index (χ2n) is 8.17. The number of aromatic nitrogens is 1. The number of aliphatic carboxylic acids is 1. The summed E-state index contributed by atoms with van der Waals surface area (Å²) in [5.41, 5.74) is -0.209. The third kappa shape index (κ3) is 3.27. The smallest absolute Gasteiger partial charge is 0.328 e. The molecular weight excluding hydrogens is 320 g/mol. The number of ether oxygens (including phenoxy) is 1. The molecule has 0 radical (unpaired) electrons. The quantitative estimate of drug-likeness (QED) is 0.890. The fourth-order valence-corrected chi connectivity index (χ4v) is 4.12. The van der Waals surface area contributed by atoms with Gasteiger partial charge >= 0.3 is 5.97 Å². The Balaban J connectivity index is 1.88. The van der Waals surface area contributed by atoms with Gasteiger partial charge in [0, 0.05) is 12.4 Å². The van der Waals surface area contributed by atoms with E-state index in [9.17, 15) is 14.7 Å². The highest BCUT2D eigenvalue weighted by Gasteiger charge is 2.54. The van der Waals surface area contributed by atoms with Crippen molar-refractivity contribution in [1.82, 2.24) is 9.88 Å². The second-order valence-corrected chi connectivity index (χ2v) is 8.17. The van der Waals surface area contributed by atoms with Gasteiger partial charge in [0.15, 0.2) is 6.04 Å². The van der Waals surface area contributed by atoms with Gasteiger partial charge in [-0.2, -0.15) is 0 Å². The molecule has 1 N–H and O–H groups in total. The van der Waals surface area contributed by atoms with Crippen LogP contribution in [0.15, 0.2) is 24.5 Å². The summed E-state index contributed by atoms with van der Waals surface area (Å²) in [7, 11) is 0. The number of carboxylic acids is 1. The summed E-state index contributed by atoms with van der Waals surface area (Å²) >= 11 is 0. The van der Waals surface area contributed by atoms with E-state index in [-0.39, 0.29) is 17.9 Å². The van der Waals surface area contributed by atoms with Crippen LogP contribution in [0.2, 0.25) is 0 Å². The summed E-state index contributed by atoms with van der Waals surface area (Å²) in [5, 5.41) is 9.59. The van der Waals surface area contributed by atoms with Crippen LogP contribution in [0.1, 0.15) is 56.8 Å². The molecule has 2 heterocycles. The summed E-state index contributed by atoms with van der Waals surface area (Å²) in [6.07, 6.45) is 6.26. The summed E-state index contributed by atoms with van der Waals surface area (Å²) in [4.78, 5) is 30.2. The average molecular weight is 346 g/mol. The molecule has 1 atom stereocenters. The van der Waals surface area contributed by atoms with E-state index in [4.69, 9.17) is 4.74 Å². The molecule has 0 bridgehead atoms. The van der Waals surface area contributed by atoms with Crippen molar-refractivity contribution in [2.75, 3.05) is 6.61 Å². The van der Waals surface area contributed by atoms with Crippen molar-refractivity contribution in [3.05, 3.63) is 30.1 Å². The number of carbonyl (C=O) groups is 2. The van der Waals surface area contributed by atoms with E-state index in [1.165, 1.54) is 11.1 Å². The van der Waals surface area contributed by atoms with E-state index < -0.39 is 17.7 Å². The molecule has 1 saturated carbocycles. The molecule has 0 unspecified atom stereocenters. The molecule has 3 rings (SSSR count). The molecule has 1 aliphatic carbocycles. The number of amides is 1. The van der Waals surface area contributed by atoms with Crippen LogP contribution < -0.4 is 0 Å². The molecule has 136 valence electrons. The van der Waals surface area contributed by atoms with Crippen molar-refractivity contribution in [3.63, 3.8) is 0 Å². The minimum atomic E-state index is -1.02. The van der Waals surface area contributed by atoms with Gasteiger partial charge < -0.3 is 9.84 Å². The maximum Gasteiger partial charge on any atom is 0.328 e. The Morgan fingerprint density at radius 3 is 2.52 bits per heavy atom. The number of nitrogens with zero attached hydrogens (tertiary/aromatic N) is 2. The van der Waals surface area contributed by atoms with Gasteiger partial charge in [-0.05, 0) is 49.1 Å². The van der Waals surface area contributed by atoms with E-state index in [0.29, 0.717) is 24.3 Å². The van der Waals surface area contributed by atoms with Crippen LogP contribution >= 0.6 is 0 Å². The fourth-order valence-electron chi connectivity index (χ4n) is 4.12. The lowest BCUT2D eigenvalue weighted by Crippen LogP contribution is -2.55. The van der Waals surface area contributed by atoms with Crippen LogP contribution in [0.25, 0.3) is 0 Å². The first kappa shape index (κ1) is 17.9. The highest BCUT2D eigenvalue weighted by Crippen LogP contribution is 2.47. The molecule has 2 aliphatic rings. The van der Waals surface area contributed by atoms with Crippen molar-refractivity contribution in [2.24, 2.45) is 11.3 Å². The molecule has 1 aromatic heterocycles. The van der Waals surface area contributed by atoms with Gasteiger partial charge in [-0.1, -0.05) is 20.8 Å². The van der Waals surface area contributed by atoms with Gasteiger partial charge in [0.2, 0.25) is 0 Å². The normalized spacial score (nSPS) is 29.8. The maximum atomic E-state index is 13.1. The summed E-state index contributed by atoms with van der Waals surface area (Å²) in [6, 6.07) is 2.41. The van der Waals surface area contributed by atoms with Crippen molar-refractivity contribution >= 4 is 11.9 Å². The zero-order valence-corrected chi connectivity index (χ0v) is 15.1. The standard InChI is InChI=1S/C19H26N2O4/c1-18(2,3)14-6-8-19(9-7-14)21(15(12-25-19)17(23)24)16(22)13-5-4-10-20-11-13/h4-5,10-11,14-15H,6-9,12H2,1-3H3,(H,23,24)/t14?,15-,19?/m0/s1. The minimum absolute atomic E-state index is 0.0432. The molecule has 1 spiro atoms. The molecule has 6 heteroatoms. The molecule has 25 heavy (non-hydrogen) atoms. The second kappa shape index (κ2) is 6.41. The highest BCUT2D eigenvalue weighted by atomic mass is 16.5. The largest absolute Gasteiger partial charge is 0.480 e. The lowest BCUT2D eigenvalue weighted by molar-refractivity contribution is -0.144. The third-order valence-electron chi connectivity index (χ3n) is 5.66. The van der Waals surface area contributed by atoms with Crippen LogP contribution in [0.3, 0.4) is 0 Å². The maximum absolute atomic E-state index is 13.1. The van der Waals surface area contributed by atoms with Crippen LogP contribution in [0.4, 0.5) is 0 Å². The zero-order chi connectivity index (χ0) is 18.2. The number of hydrogen-bond acceptors (Lipinski definition) is 4. The minimum Gasteiger partial charge on any atom is -0.480 e. The molecule has 1 saturated heterocycles. The van der Waals surface area contributed by atoms with Crippen LogP contribution in [-0.4, -0.2) is 45.2 Å². The van der Waals surface area contributed by atoms with Gasteiger partial charge in [0.25, 0.3) is 5.91 Å². The summed E-state index contributed by atoms with van der Waals surface area (Å²) in [5.74, 6) is -0.791. The van der Waals surface area contributed by atoms with Crippen molar-refractivity contribution < 1.29 is 19.4 Å². The van der Waals surface area contributed by atoms with E-state index in [1.54, 1.807) is 18.3 Å². The first-order valence-corrected chi connectivity index (χ1v) is 8.85. The number of pyridine rings is 1. The summed E-state index contributed by atoms with van der Waals surface area (Å²) < 4.78 is 5.98. The van der Waals surface area contributed by atoms with Crippen molar-refractivity contribution in [3.8, 4) is 0 Å². The molecule has 1 aliphatic heterocycles. The third-order valence-corrected chi connectivity index (χ3v) is 5.66. The molecule has 0 aromatic carbocycles. The Hall–Kier alpha value is -1.95. The first-order chi connectivity index (χ1) is 11.7. The Kier molecular flexibility index (Phi) is 4.58. The Bertz CT molecular complexity index is 645. The van der Waals surface area contributed by atoms with Crippen LogP contribution in [0.5, 0.6) is 0 Å². The topological polar surface area (TPSA) is 79.7 Å². The lowest BCUT2D eigenvalue weighted by atomic mass is 9.70. The predicted octanol–water partition coefficient (Wildman–Crippen LogP) is 2.94. The Morgan fingerprint density at radius 2 is 2.00 bits per heavy atom. The number of rotatable bonds is 2. The Labute approximate surface area is 148 Å². The number of carbonyl (C=O) groups excluding carboxylic acids is 1. The zero-order valence-electron chi connectivity index (χ0n) is 15.1. The van der Waals surface area contributed by atoms with Gasteiger partial charge in [0.05, 0.1) is 12.2 Å². The SMILES string of the molecule is CC(C)(C)C1CCC2(CC1)OC[C@@H](C(=O)O)N2C(=O)c1cccnc1. The van der Waals surface area contributed by atoms with E-state index >= 15 is 0 Å². The van der Waals surface area contributed by atoms with Crippen molar-refractivity contribution in [2.45, 2.75) is 58.2 Å². The molecular formula is C19H26N2O4. The van der Waals surface area contributed by atoms with Gasteiger partial charge in [0.1, 0.15) is 5.72 Å².